The van der Waals surface area contributed by atoms with Crippen LogP contribution in [0.5, 0.6) is 0 Å². The van der Waals surface area contributed by atoms with Crippen molar-refractivity contribution in [2.45, 2.75) is 39.2 Å². The molecular formula is C27H36N6OS. The summed E-state index contributed by atoms with van der Waals surface area (Å²) in [5.41, 5.74) is 2.61. The number of β-amino-alcohol motifs (C(OH)–C–C–N with tert-alkyl or cyclic N) is 1. The molecule has 7 nitrogen and oxygen atoms in total. The molecule has 5 rings (SSSR count). The van der Waals surface area contributed by atoms with Gasteiger partial charge in [0.1, 0.15) is 11.6 Å². The Morgan fingerprint density at radius 1 is 1.09 bits per heavy atom. The summed E-state index contributed by atoms with van der Waals surface area (Å²) in [6, 6.07) is 8.57. The average molecular weight is 493 g/mol. The number of hydrogen-bond donors (Lipinski definition) is 2. The molecule has 0 aliphatic carbocycles. The van der Waals surface area contributed by atoms with Gasteiger partial charge in [0.15, 0.2) is 0 Å². The van der Waals surface area contributed by atoms with Crippen LogP contribution in [-0.4, -0.2) is 64.4 Å². The molecule has 2 saturated heterocycles. The number of nitrogens with one attached hydrogen (secondary N) is 1. The van der Waals surface area contributed by atoms with Gasteiger partial charge in [-0.05, 0) is 59.4 Å². The Hall–Kier alpha value is -2.58. The summed E-state index contributed by atoms with van der Waals surface area (Å²) in [4.78, 5) is 18.5. The van der Waals surface area contributed by atoms with Crippen LogP contribution in [0.1, 0.15) is 38.7 Å². The lowest BCUT2D eigenvalue weighted by Gasteiger charge is -2.41. The van der Waals surface area contributed by atoms with Crippen molar-refractivity contribution >= 4 is 45.8 Å². The molecule has 0 spiro atoms. The van der Waals surface area contributed by atoms with Gasteiger partial charge in [0, 0.05) is 55.6 Å². The van der Waals surface area contributed by atoms with Gasteiger partial charge in [-0.25, -0.2) is 9.97 Å². The molecule has 0 bridgehead atoms. The van der Waals surface area contributed by atoms with Crippen LogP contribution in [0.15, 0.2) is 36.7 Å². The smallest absolute Gasteiger partial charge is 0.227 e. The molecule has 2 aliphatic heterocycles. The minimum atomic E-state index is -0.350. The predicted molar refractivity (Wildman–Crippen MR) is 147 cm³/mol. The highest BCUT2D eigenvalue weighted by Gasteiger charge is 2.28. The van der Waals surface area contributed by atoms with Crippen molar-refractivity contribution in [1.29, 1.82) is 0 Å². The number of aliphatic hydroxyl groups is 1. The standard InChI is InChI=1S/C27H36N6OS/c1-17(2)20-5-6-23(33-13-19(14-33)16-35-4)22-12-29-26(11-21(20)22)30-25-7-9-28-27(31-25)32-10-8-18(3)24(34)15-32/h5-7,9,11-12,17-19,24,34H,8,10,13-16H2,1-4H3,(H,28,29,30,31). The van der Waals surface area contributed by atoms with E-state index in [2.05, 4.69) is 65.3 Å². The molecule has 35 heavy (non-hydrogen) atoms. The fourth-order valence-corrected chi connectivity index (χ4v) is 5.82. The van der Waals surface area contributed by atoms with E-state index in [4.69, 9.17) is 9.97 Å². The van der Waals surface area contributed by atoms with Crippen molar-refractivity contribution in [2.24, 2.45) is 11.8 Å². The first-order valence-corrected chi connectivity index (χ1v) is 14.0. The van der Waals surface area contributed by atoms with Crippen molar-refractivity contribution in [1.82, 2.24) is 15.0 Å². The fourth-order valence-electron chi connectivity index (χ4n) is 5.13. The Kier molecular flexibility index (Phi) is 7.02. The monoisotopic (exact) mass is 492 g/mol. The molecule has 0 amide bonds. The number of aliphatic hydroxyl groups excluding tert-OH is 1. The zero-order chi connectivity index (χ0) is 24.5. The highest BCUT2D eigenvalue weighted by atomic mass is 32.2. The molecule has 2 atom stereocenters. The summed E-state index contributed by atoms with van der Waals surface area (Å²) in [7, 11) is 0. The quantitative estimate of drug-likeness (QED) is 0.482. The molecule has 2 N–H and O–H groups in total. The zero-order valence-electron chi connectivity index (χ0n) is 21.1. The second kappa shape index (κ2) is 10.2. The van der Waals surface area contributed by atoms with Gasteiger partial charge in [-0.15, -0.1) is 0 Å². The van der Waals surface area contributed by atoms with Crippen LogP contribution in [0.25, 0.3) is 10.8 Å². The molecular weight excluding hydrogens is 456 g/mol. The Morgan fingerprint density at radius 3 is 2.66 bits per heavy atom. The maximum absolute atomic E-state index is 10.3. The lowest BCUT2D eigenvalue weighted by Crippen LogP contribution is -2.48. The minimum absolute atomic E-state index is 0.307. The van der Waals surface area contributed by atoms with Crippen molar-refractivity contribution in [3.8, 4) is 0 Å². The number of aromatic nitrogens is 3. The Bertz CT molecular complexity index is 1180. The Balaban J connectivity index is 1.40. The van der Waals surface area contributed by atoms with E-state index >= 15 is 0 Å². The summed E-state index contributed by atoms with van der Waals surface area (Å²) in [6.07, 6.45) is 6.54. The van der Waals surface area contributed by atoms with Crippen molar-refractivity contribution in [2.75, 3.05) is 53.3 Å². The normalized spacial score (nSPS) is 21.0. The van der Waals surface area contributed by atoms with E-state index in [0.29, 0.717) is 30.1 Å². The Morgan fingerprint density at radius 2 is 1.91 bits per heavy atom. The Labute approximate surface area is 212 Å². The summed E-state index contributed by atoms with van der Waals surface area (Å²) < 4.78 is 0. The first kappa shape index (κ1) is 24.1. The average Bonchev–Trinajstić information content (AvgIpc) is 2.82. The second-order valence-electron chi connectivity index (χ2n) is 10.3. The van der Waals surface area contributed by atoms with Crippen LogP contribution in [0, 0.1) is 11.8 Å². The van der Waals surface area contributed by atoms with Crippen LogP contribution in [0.4, 0.5) is 23.3 Å². The van der Waals surface area contributed by atoms with Gasteiger partial charge in [0.2, 0.25) is 5.95 Å². The third kappa shape index (κ3) is 5.05. The van der Waals surface area contributed by atoms with Gasteiger partial charge in [-0.1, -0.05) is 26.8 Å². The second-order valence-corrected chi connectivity index (χ2v) is 11.2. The molecule has 2 aromatic heterocycles. The number of nitrogens with zero attached hydrogens (tertiary/aromatic N) is 5. The number of pyridine rings is 1. The molecule has 8 heteroatoms. The van der Waals surface area contributed by atoms with Crippen molar-refractivity contribution in [3.05, 3.63) is 42.2 Å². The number of thioether (sulfide) groups is 1. The van der Waals surface area contributed by atoms with Crippen LogP contribution in [0.2, 0.25) is 0 Å². The third-order valence-corrected chi connectivity index (χ3v) is 8.14. The van der Waals surface area contributed by atoms with Gasteiger partial charge < -0.3 is 20.2 Å². The first-order chi connectivity index (χ1) is 16.9. The largest absolute Gasteiger partial charge is 0.391 e. The van der Waals surface area contributed by atoms with E-state index < -0.39 is 0 Å². The van der Waals surface area contributed by atoms with Gasteiger partial charge in [-0.2, -0.15) is 16.7 Å². The van der Waals surface area contributed by atoms with Gasteiger partial charge >= 0.3 is 0 Å². The third-order valence-electron chi connectivity index (χ3n) is 7.33. The summed E-state index contributed by atoms with van der Waals surface area (Å²) in [6.45, 7) is 10.2. The van der Waals surface area contributed by atoms with Gasteiger partial charge in [-0.3, -0.25) is 0 Å². The molecule has 2 fully saturated rings. The van der Waals surface area contributed by atoms with E-state index in [0.717, 1.165) is 37.8 Å². The highest BCUT2D eigenvalue weighted by Crippen LogP contribution is 2.37. The zero-order valence-corrected chi connectivity index (χ0v) is 21.9. The van der Waals surface area contributed by atoms with E-state index in [1.54, 1.807) is 6.20 Å². The number of hydrogen-bond acceptors (Lipinski definition) is 8. The van der Waals surface area contributed by atoms with E-state index in [1.807, 2.05) is 24.0 Å². The number of rotatable bonds is 7. The van der Waals surface area contributed by atoms with E-state index in [9.17, 15) is 5.11 Å². The number of piperidine rings is 1. The van der Waals surface area contributed by atoms with Gasteiger partial charge in [0.25, 0.3) is 0 Å². The highest BCUT2D eigenvalue weighted by molar-refractivity contribution is 7.98. The van der Waals surface area contributed by atoms with E-state index in [1.165, 1.54) is 27.8 Å². The molecule has 4 heterocycles. The van der Waals surface area contributed by atoms with Crippen LogP contribution in [0.3, 0.4) is 0 Å². The molecule has 2 aliphatic rings. The molecule has 0 saturated carbocycles. The first-order valence-electron chi connectivity index (χ1n) is 12.6. The maximum Gasteiger partial charge on any atom is 0.227 e. The number of fused-ring (bicyclic) bond motifs is 1. The lowest BCUT2D eigenvalue weighted by molar-refractivity contribution is 0.102. The number of anilines is 4. The minimum Gasteiger partial charge on any atom is -0.391 e. The van der Waals surface area contributed by atoms with Crippen LogP contribution < -0.4 is 15.1 Å². The maximum atomic E-state index is 10.3. The van der Waals surface area contributed by atoms with Crippen molar-refractivity contribution in [3.63, 3.8) is 0 Å². The number of benzene rings is 1. The van der Waals surface area contributed by atoms with E-state index in [-0.39, 0.29) is 6.10 Å². The molecule has 186 valence electrons. The van der Waals surface area contributed by atoms with Crippen LogP contribution >= 0.6 is 11.8 Å². The summed E-state index contributed by atoms with van der Waals surface area (Å²) in [5, 5.41) is 16.1. The summed E-state index contributed by atoms with van der Waals surface area (Å²) >= 11 is 1.93. The molecule has 1 aromatic carbocycles. The van der Waals surface area contributed by atoms with Gasteiger partial charge in [0.05, 0.1) is 6.10 Å². The predicted octanol–water partition coefficient (Wildman–Crippen LogP) is 4.90. The SMILES string of the molecule is CSCC1CN(c2ccc(C(C)C)c3cc(Nc4ccnc(N5CCC(C)C(O)C5)n4)ncc23)C1. The molecule has 0 radical (unpaired) electrons. The van der Waals surface area contributed by atoms with Crippen LogP contribution in [-0.2, 0) is 0 Å². The summed E-state index contributed by atoms with van der Waals surface area (Å²) in [5.74, 6) is 4.85. The fraction of sp³-hybridized carbons (Fsp3) is 0.519. The molecule has 2 unspecified atom stereocenters. The lowest BCUT2D eigenvalue weighted by atomic mass is 9.93. The molecule has 3 aromatic rings. The van der Waals surface area contributed by atoms with Crippen molar-refractivity contribution < 1.29 is 5.11 Å². The topological polar surface area (TPSA) is 77.4 Å².